The van der Waals surface area contributed by atoms with Crippen LogP contribution in [0.5, 0.6) is 0 Å². The first kappa shape index (κ1) is 18.2. The minimum atomic E-state index is -0.412. The Morgan fingerprint density at radius 2 is 1.77 bits per heavy atom. The van der Waals surface area contributed by atoms with Crippen LogP contribution in [-0.2, 0) is 4.74 Å². The molecule has 0 unspecified atom stereocenters. The first-order valence-electron chi connectivity index (χ1n) is 9.98. The van der Waals surface area contributed by atoms with Crippen molar-refractivity contribution >= 4 is 23.2 Å². The molecule has 4 aromatic rings. The summed E-state index contributed by atoms with van der Waals surface area (Å²) in [6, 6.07) is 22.6. The van der Waals surface area contributed by atoms with Gasteiger partial charge in [-0.25, -0.2) is 9.78 Å². The molecule has 5 heteroatoms. The monoisotopic (exact) mass is 395 g/mol. The second-order valence-corrected chi connectivity index (χ2v) is 7.29. The summed E-state index contributed by atoms with van der Waals surface area (Å²) in [4.78, 5) is 19.5. The van der Waals surface area contributed by atoms with Gasteiger partial charge in [-0.1, -0.05) is 66.7 Å². The number of nitrogens with one attached hydrogen (secondary N) is 2. The van der Waals surface area contributed by atoms with Crippen LogP contribution in [-0.4, -0.2) is 29.2 Å². The molecular formula is C25H21N3O2. The third kappa shape index (κ3) is 3.46. The maximum Gasteiger partial charge on any atom is 0.407 e. The summed E-state index contributed by atoms with van der Waals surface area (Å²) in [6.45, 7) is 0.720. The summed E-state index contributed by atoms with van der Waals surface area (Å²) >= 11 is 0. The lowest BCUT2D eigenvalue weighted by atomic mass is 9.98. The number of imidazole rings is 1. The molecule has 0 fully saturated rings. The number of H-pyrrole nitrogens is 1. The van der Waals surface area contributed by atoms with E-state index in [2.05, 4.69) is 39.6 Å². The van der Waals surface area contributed by atoms with Gasteiger partial charge in [0.2, 0.25) is 0 Å². The zero-order valence-electron chi connectivity index (χ0n) is 16.3. The van der Waals surface area contributed by atoms with Crippen LogP contribution in [0, 0.1) is 0 Å². The Morgan fingerprint density at radius 1 is 1.03 bits per heavy atom. The highest BCUT2D eigenvalue weighted by molar-refractivity contribution is 5.79. The number of nitrogens with zero attached hydrogens (tertiary/aromatic N) is 1. The summed E-state index contributed by atoms with van der Waals surface area (Å²) in [5, 5.41) is 2.79. The average molecular weight is 395 g/mol. The molecule has 1 aliphatic rings. The molecule has 0 spiro atoms. The number of carbonyl (C=O) groups is 1. The number of hydrogen-bond acceptors (Lipinski definition) is 3. The van der Waals surface area contributed by atoms with E-state index in [4.69, 9.17) is 4.74 Å². The Bertz CT molecular complexity index is 1200. The molecule has 5 rings (SSSR count). The number of aromatic nitrogens is 2. The maximum absolute atomic E-state index is 12.2. The molecule has 1 heterocycles. The van der Waals surface area contributed by atoms with E-state index in [9.17, 15) is 4.79 Å². The van der Waals surface area contributed by atoms with E-state index in [0.29, 0.717) is 13.2 Å². The van der Waals surface area contributed by atoms with E-state index in [1.165, 1.54) is 22.3 Å². The molecule has 0 atom stereocenters. The van der Waals surface area contributed by atoms with Gasteiger partial charge in [-0.2, -0.15) is 0 Å². The van der Waals surface area contributed by atoms with Gasteiger partial charge in [0.25, 0.3) is 0 Å². The van der Waals surface area contributed by atoms with Crippen molar-refractivity contribution in [3.63, 3.8) is 0 Å². The van der Waals surface area contributed by atoms with Gasteiger partial charge in [0.1, 0.15) is 6.61 Å². The van der Waals surface area contributed by atoms with E-state index < -0.39 is 6.09 Å². The third-order valence-corrected chi connectivity index (χ3v) is 5.46. The van der Waals surface area contributed by atoms with Gasteiger partial charge in [0.15, 0.2) is 0 Å². The van der Waals surface area contributed by atoms with Crippen LogP contribution in [0.4, 0.5) is 4.79 Å². The van der Waals surface area contributed by atoms with Crippen LogP contribution in [0.25, 0.3) is 28.2 Å². The number of ether oxygens (including phenoxy) is 1. The molecule has 0 radical (unpaired) electrons. The van der Waals surface area contributed by atoms with Crippen LogP contribution < -0.4 is 5.32 Å². The van der Waals surface area contributed by atoms with Crippen LogP contribution in [0.15, 0.2) is 79.1 Å². The Hall–Kier alpha value is -3.86. The molecular weight excluding hydrogens is 374 g/mol. The molecule has 0 saturated carbocycles. The fraction of sp³-hybridized carbons (Fsp3) is 0.120. The van der Waals surface area contributed by atoms with Crippen molar-refractivity contribution in [1.82, 2.24) is 15.3 Å². The smallest absolute Gasteiger partial charge is 0.407 e. The number of amides is 1. The van der Waals surface area contributed by atoms with E-state index in [1.54, 1.807) is 6.33 Å². The number of carbonyl (C=O) groups excluding carboxylic acids is 1. The third-order valence-electron chi connectivity index (χ3n) is 5.46. The van der Waals surface area contributed by atoms with Gasteiger partial charge in [-0.3, -0.25) is 0 Å². The summed E-state index contributed by atoms with van der Waals surface area (Å²) < 4.78 is 5.54. The highest BCUT2D eigenvalue weighted by Crippen LogP contribution is 2.44. The number of rotatable bonds is 5. The van der Waals surface area contributed by atoms with E-state index in [-0.39, 0.29) is 5.92 Å². The predicted octanol–water partition coefficient (Wildman–Crippen LogP) is 5.11. The minimum absolute atomic E-state index is 0.0693. The van der Waals surface area contributed by atoms with Crippen molar-refractivity contribution in [1.29, 1.82) is 0 Å². The molecule has 0 bridgehead atoms. The van der Waals surface area contributed by atoms with Crippen molar-refractivity contribution in [2.75, 3.05) is 13.2 Å². The number of hydrogen-bond donors (Lipinski definition) is 2. The Kier molecular flexibility index (Phi) is 4.77. The number of aromatic amines is 1. The quantitative estimate of drug-likeness (QED) is 0.493. The van der Waals surface area contributed by atoms with Gasteiger partial charge in [0, 0.05) is 12.5 Å². The molecule has 2 N–H and O–H groups in total. The van der Waals surface area contributed by atoms with Crippen molar-refractivity contribution in [2.45, 2.75) is 5.92 Å². The van der Waals surface area contributed by atoms with Gasteiger partial charge < -0.3 is 15.0 Å². The molecule has 1 aliphatic carbocycles. The first-order chi connectivity index (χ1) is 14.8. The second-order valence-electron chi connectivity index (χ2n) is 7.29. The number of alkyl carbamates (subject to hydrolysis) is 1. The van der Waals surface area contributed by atoms with E-state index >= 15 is 0 Å². The molecule has 30 heavy (non-hydrogen) atoms. The molecule has 1 aromatic heterocycles. The molecule has 0 saturated heterocycles. The standard InChI is InChI=1S/C25H21N3O2/c29-25(26-13-5-6-17-11-12-23-24(14-17)28-16-27-23)30-15-22-20-9-3-1-7-18(20)19-8-2-4-10-21(19)22/h1-12,14,16,22H,13,15H2,(H,26,29)(H,27,28). The normalized spacial score (nSPS) is 12.8. The van der Waals surface area contributed by atoms with Crippen LogP contribution in [0.3, 0.4) is 0 Å². The van der Waals surface area contributed by atoms with Crippen LogP contribution in [0.2, 0.25) is 0 Å². The summed E-state index contributed by atoms with van der Waals surface area (Å²) in [5.41, 5.74) is 7.83. The summed E-state index contributed by atoms with van der Waals surface area (Å²) in [6.07, 6.45) is 5.13. The van der Waals surface area contributed by atoms with Gasteiger partial charge in [-0.05, 0) is 39.9 Å². The topological polar surface area (TPSA) is 67.0 Å². The number of fused-ring (bicyclic) bond motifs is 4. The highest BCUT2D eigenvalue weighted by atomic mass is 16.5. The van der Waals surface area contributed by atoms with E-state index in [1.807, 2.05) is 54.6 Å². The van der Waals surface area contributed by atoms with Crippen LogP contribution >= 0.6 is 0 Å². The Labute approximate surface area is 174 Å². The fourth-order valence-electron chi connectivity index (χ4n) is 4.04. The van der Waals surface area contributed by atoms with Crippen LogP contribution in [0.1, 0.15) is 22.6 Å². The molecule has 148 valence electrons. The van der Waals surface area contributed by atoms with Crippen molar-refractivity contribution in [3.8, 4) is 11.1 Å². The molecule has 3 aromatic carbocycles. The Morgan fingerprint density at radius 3 is 2.53 bits per heavy atom. The number of benzene rings is 3. The largest absolute Gasteiger partial charge is 0.449 e. The average Bonchev–Trinajstić information content (AvgIpc) is 3.37. The zero-order chi connectivity index (χ0) is 20.3. The fourth-order valence-corrected chi connectivity index (χ4v) is 4.04. The minimum Gasteiger partial charge on any atom is -0.449 e. The van der Waals surface area contributed by atoms with E-state index in [0.717, 1.165) is 16.6 Å². The SMILES string of the molecule is O=C(NCC=Cc1ccc2nc[nH]c2c1)OCC1c2ccccc2-c2ccccc21. The van der Waals surface area contributed by atoms with Gasteiger partial charge >= 0.3 is 6.09 Å². The van der Waals surface area contributed by atoms with Gasteiger partial charge in [-0.15, -0.1) is 0 Å². The predicted molar refractivity (Wildman–Crippen MR) is 118 cm³/mol. The maximum atomic E-state index is 12.2. The van der Waals surface area contributed by atoms with Crippen molar-refractivity contribution < 1.29 is 9.53 Å². The summed E-state index contributed by atoms with van der Waals surface area (Å²) in [7, 11) is 0. The molecule has 0 aliphatic heterocycles. The lowest BCUT2D eigenvalue weighted by Crippen LogP contribution is -2.26. The zero-order valence-corrected chi connectivity index (χ0v) is 16.3. The highest BCUT2D eigenvalue weighted by Gasteiger charge is 2.28. The lowest BCUT2D eigenvalue weighted by Gasteiger charge is -2.14. The lowest BCUT2D eigenvalue weighted by molar-refractivity contribution is 0.144. The molecule has 5 nitrogen and oxygen atoms in total. The van der Waals surface area contributed by atoms with Crippen molar-refractivity contribution in [2.24, 2.45) is 0 Å². The molecule has 1 amide bonds. The van der Waals surface area contributed by atoms with Crippen molar-refractivity contribution in [3.05, 3.63) is 95.8 Å². The summed E-state index contributed by atoms with van der Waals surface area (Å²) in [5.74, 6) is 0.0693. The second kappa shape index (κ2) is 7.87. The first-order valence-corrected chi connectivity index (χ1v) is 9.98. The van der Waals surface area contributed by atoms with Gasteiger partial charge in [0.05, 0.1) is 17.4 Å². The Balaban J connectivity index is 1.18.